The molecule has 0 radical (unpaired) electrons. The third-order valence-electron chi connectivity index (χ3n) is 8.03. The third kappa shape index (κ3) is 6.18. The topological polar surface area (TPSA) is 85.0 Å². The summed E-state index contributed by atoms with van der Waals surface area (Å²) in [6.45, 7) is 5.68. The quantitative estimate of drug-likeness (QED) is 0.633. The molecule has 1 aliphatic carbocycles. The first-order valence-corrected chi connectivity index (χ1v) is 14.1. The van der Waals surface area contributed by atoms with Gasteiger partial charge in [-0.3, -0.25) is 14.4 Å². The summed E-state index contributed by atoms with van der Waals surface area (Å²) in [5.41, 5.74) is 2.92. The van der Waals surface area contributed by atoms with Crippen LogP contribution < -0.4 is 15.5 Å². The van der Waals surface area contributed by atoms with Crippen LogP contribution in [0.5, 0.6) is 0 Å². The van der Waals surface area contributed by atoms with Crippen LogP contribution in [0.4, 0.5) is 11.4 Å². The number of nitrogens with zero attached hydrogens (tertiary/aromatic N) is 3. The second kappa shape index (κ2) is 12.4. The highest BCUT2D eigenvalue weighted by atomic mass is 16.2. The summed E-state index contributed by atoms with van der Waals surface area (Å²) in [7, 11) is 0. The van der Waals surface area contributed by atoms with Gasteiger partial charge in [0.1, 0.15) is 0 Å². The predicted octanol–water partition coefficient (Wildman–Crippen LogP) is 3.60. The number of piperazine rings is 1. The number of benzene rings is 2. The summed E-state index contributed by atoms with van der Waals surface area (Å²) in [5.74, 6) is 0.123. The van der Waals surface area contributed by atoms with Crippen LogP contribution in [-0.2, 0) is 4.79 Å². The zero-order valence-electron chi connectivity index (χ0n) is 22.2. The predicted molar refractivity (Wildman–Crippen MR) is 150 cm³/mol. The Balaban J connectivity index is 1.36. The average molecular weight is 518 g/mol. The highest BCUT2D eigenvalue weighted by Gasteiger charge is 2.26. The van der Waals surface area contributed by atoms with Crippen molar-refractivity contribution in [2.75, 3.05) is 62.6 Å². The second-order valence-corrected chi connectivity index (χ2v) is 10.6. The smallest absolute Gasteiger partial charge is 0.254 e. The van der Waals surface area contributed by atoms with Crippen LogP contribution >= 0.6 is 0 Å². The van der Waals surface area contributed by atoms with Crippen LogP contribution in [0.2, 0.25) is 0 Å². The van der Waals surface area contributed by atoms with Gasteiger partial charge in [0.05, 0.1) is 11.4 Å². The Bertz CT molecular complexity index is 1130. The van der Waals surface area contributed by atoms with E-state index in [1.54, 1.807) is 0 Å². The molecule has 0 atom stereocenters. The molecule has 5 rings (SSSR count). The molecule has 2 heterocycles. The molecule has 0 aromatic heterocycles. The molecular weight excluding hydrogens is 478 g/mol. The highest BCUT2D eigenvalue weighted by molar-refractivity contribution is 6.00. The maximum absolute atomic E-state index is 13.3. The molecule has 0 unspecified atom stereocenters. The SMILES string of the molecule is O=C(Nc1cc(C(=O)N2CCNCC2)ccc1N1CCCN(C(=O)c2ccccc2)CC1)C1CCCCC1. The Hall–Kier alpha value is -3.39. The molecule has 38 heavy (non-hydrogen) atoms. The monoisotopic (exact) mass is 517 g/mol. The van der Waals surface area contributed by atoms with Gasteiger partial charge in [0.15, 0.2) is 0 Å². The number of anilines is 2. The van der Waals surface area contributed by atoms with Gasteiger partial charge in [0.25, 0.3) is 11.8 Å². The maximum Gasteiger partial charge on any atom is 0.254 e. The Kier molecular flexibility index (Phi) is 8.58. The van der Waals surface area contributed by atoms with Crippen molar-refractivity contribution < 1.29 is 14.4 Å². The van der Waals surface area contributed by atoms with Crippen molar-refractivity contribution in [3.05, 3.63) is 59.7 Å². The van der Waals surface area contributed by atoms with Crippen LogP contribution in [0, 0.1) is 5.92 Å². The molecule has 2 aliphatic heterocycles. The number of nitrogens with one attached hydrogen (secondary N) is 2. The maximum atomic E-state index is 13.3. The van der Waals surface area contributed by atoms with Crippen LogP contribution in [0.3, 0.4) is 0 Å². The Morgan fingerprint density at radius 3 is 2.18 bits per heavy atom. The molecule has 3 fully saturated rings. The molecular formula is C30H39N5O3. The van der Waals surface area contributed by atoms with Crippen molar-refractivity contribution in [2.24, 2.45) is 5.92 Å². The van der Waals surface area contributed by atoms with Gasteiger partial charge in [0, 0.05) is 69.4 Å². The van der Waals surface area contributed by atoms with E-state index in [2.05, 4.69) is 15.5 Å². The number of amides is 3. The van der Waals surface area contributed by atoms with Crippen LogP contribution in [0.1, 0.15) is 59.2 Å². The fourth-order valence-electron chi connectivity index (χ4n) is 5.82. The Labute approximate surface area is 225 Å². The van der Waals surface area contributed by atoms with E-state index in [9.17, 15) is 14.4 Å². The average Bonchev–Trinajstić information content (AvgIpc) is 3.24. The molecule has 3 aliphatic rings. The number of hydrogen-bond acceptors (Lipinski definition) is 5. The van der Waals surface area contributed by atoms with E-state index in [-0.39, 0.29) is 23.6 Å². The minimum atomic E-state index is 0.00159. The summed E-state index contributed by atoms with van der Waals surface area (Å²) in [5, 5.41) is 6.50. The molecule has 8 heteroatoms. The van der Waals surface area contributed by atoms with Gasteiger partial charge in [-0.05, 0) is 49.6 Å². The van der Waals surface area contributed by atoms with Gasteiger partial charge >= 0.3 is 0 Å². The van der Waals surface area contributed by atoms with Crippen LogP contribution in [0.15, 0.2) is 48.5 Å². The first-order chi connectivity index (χ1) is 18.6. The number of hydrogen-bond donors (Lipinski definition) is 2. The zero-order chi connectivity index (χ0) is 26.3. The Morgan fingerprint density at radius 1 is 0.711 bits per heavy atom. The molecule has 0 bridgehead atoms. The number of carbonyl (C=O) groups is 3. The lowest BCUT2D eigenvalue weighted by Crippen LogP contribution is -2.46. The van der Waals surface area contributed by atoms with Crippen molar-refractivity contribution in [1.29, 1.82) is 0 Å². The van der Waals surface area contributed by atoms with Crippen molar-refractivity contribution >= 4 is 29.1 Å². The van der Waals surface area contributed by atoms with Crippen molar-refractivity contribution in [2.45, 2.75) is 38.5 Å². The summed E-state index contributed by atoms with van der Waals surface area (Å²) in [6, 6.07) is 15.1. The standard InChI is InChI=1S/C30H39N5O3/c36-28(23-8-3-1-4-9-23)32-26-22-25(30(38)35-18-14-31-15-19-35)12-13-27(26)33-16-7-17-34(21-20-33)29(37)24-10-5-2-6-11-24/h2,5-6,10-13,22-23,31H,1,3-4,7-9,14-21H2,(H,32,36). The van der Waals surface area contributed by atoms with E-state index in [0.717, 1.165) is 57.4 Å². The second-order valence-electron chi connectivity index (χ2n) is 10.6. The van der Waals surface area contributed by atoms with Gasteiger partial charge in [-0.15, -0.1) is 0 Å². The largest absolute Gasteiger partial charge is 0.368 e. The first-order valence-electron chi connectivity index (χ1n) is 14.1. The highest BCUT2D eigenvalue weighted by Crippen LogP contribution is 2.31. The molecule has 2 saturated heterocycles. The fraction of sp³-hybridized carbons (Fsp3) is 0.500. The van der Waals surface area contributed by atoms with Crippen molar-refractivity contribution in [3.8, 4) is 0 Å². The molecule has 2 aromatic rings. The molecule has 1 saturated carbocycles. The van der Waals surface area contributed by atoms with Crippen LogP contribution in [0.25, 0.3) is 0 Å². The van der Waals surface area contributed by atoms with Crippen molar-refractivity contribution in [3.63, 3.8) is 0 Å². The van der Waals surface area contributed by atoms with E-state index in [4.69, 9.17) is 0 Å². The first kappa shape index (κ1) is 26.2. The lowest BCUT2D eigenvalue weighted by molar-refractivity contribution is -0.120. The summed E-state index contributed by atoms with van der Waals surface area (Å²) in [4.78, 5) is 45.6. The van der Waals surface area contributed by atoms with E-state index in [1.165, 1.54) is 6.42 Å². The molecule has 8 nitrogen and oxygen atoms in total. The van der Waals surface area contributed by atoms with Gasteiger partial charge < -0.3 is 25.3 Å². The number of carbonyl (C=O) groups excluding carboxylic acids is 3. The number of rotatable bonds is 5. The zero-order valence-corrected chi connectivity index (χ0v) is 22.2. The van der Waals surface area contributed by atoms with Crippen LogP contribution in [-0.4, -0.2) is 79.9 Å². The molecule has 0 spiro atoms. The van der Waals surface area contributed by atoms with E-state index >= 15 is 0 Å². The summed E-state index contributed by atoms with van der Waals surface area (Å²) >= 11 is 0. The Morgan fingerprint density at radius 2 is 1.42 bits per heavy atom. The molecule has 202 valence electrons. The third-order valence-corrected chi connectivity index (χ3v) is 8.03. The van der Waals surface area contributed by atoms with Gasteiger partial charge in [-0.2, -0.15) is 0 Å². The van der Waals surface area contributed by atoms with Gasteiger partial charge in [-0.1, -0.05) is 37.5 Å². The molecule has 2 aromatic carbocycles. The van der Waals surface area contributed by atoms with Crippen molar-refractivity contribution in [1.82, 2.24) is 15.1 Å². The molecule has 2 N–H and O–H groups in total. The minimum Gasteiger partial charge on any atom is -0.368 e. The van der Waals surface area contributed by atoms with E-state index in [0.29, 0.717) is 49.5 Å². The summed E-state index contributed by atoms with van der Waals surface area (Å²) in [6.07, 6.45) is 6.03. The minimum absolute atomic E-state index is 0.00159. The molecule has 3 amide bonds. The van der Waals surface area contributed by atoms with E-state index < -0.39 is 0 Å². The van der Waals surface area contributed by atoms with Gasteiger partial charge in [0.2, 0.25) is 5.91 Å². The van der Waals surface area contributed by atoms with E-state index in [1.807, 2.05) is 58.3 Å². The lowest BCUT2D eigenvalue weighted by atomic mass is 9.88. The summed E-state index contributed by atoms with van der Waals surface area (Å²) < 4.78 is 0. The lowest BCUT2D eigenvalue weighted by Gasteiger charge is -2.29. The normalized spacial score (nSPS) is 19.1. The fourth-order valence-corrected chi connectivity index (χ4v) is 5.82. The van der Waals surface area contributed by atoms with Gasteiger partial charge in [-0.25, -0.2) is 0 Å².